The van der Waals surface area contributed by atoms with Crippen LogP contribution in [0.15, 0.2) is 6.33 Å². The molecule has 8 heteroatoms. The molecule has 0 atom stereocenters. The van der Waals surface area contributed by atoms with Gasteiger partial charge in [0.2, 0.25) is 5.91 Å². The maximum Gasteiger partial charge on any atom is 0.220 e. The molecule has 3 rings (SSSR count). The number of amides is 1. The third-order valence-corrected chi connectivity index (χ3v) is 5.28. The van der Waals surface area contributed by atoms with E-state index in [0.717, 1.165) is 61.7 Å². The summed E-state index contributed by atoms with van der Waals surface area (Å²) in [6, 6.07) is 0. The molecule has 1 aliphatic rings. The molecule has 0 aliphatic carbocycles. The van der Waals surface area contributed by atoms with E-state index in [1.165, 1.54) is 0 Å². The van der Waals surface area contributed by atoms with Gasteiger partial charge in [-0.3, -0.25) is 9.69 Å². The minimum atomic E-state index is 0.0948. The number of nitrogens with one attached hydrogen (secondary N) is 1. The summed E-state index contributed by atoms with van der Waals surface area (Å²) in [7, 11) is 0. The predicted molar refractivity (Wildman–Crippen MR) is 100 cm³/mol. The van der Waals surface area contributed by atoms with Crippen molar-refractivity contribution in [2.24, 2.45) is 0 Å². The molecule has 0 aromatic carbocycles. The van der Waals surface area contributed by atoms with Gasteiger partial charge in [-0.25, -0.2) is 4.52 Å². The second-order valence-electron chi connectivity index (χ2n) is 6.91. The Morgan fingerprint density at radius 1 is 1.19 bits per heavy atom. The lowest BCUT2D eigenvalue weighted by atomic mass is 10.0. The van der Waals surface area contributed by atoms with Crippen molar-refractivity contribution in [1.82, 2.24) is 34.9 Å². The lowest BCUT2D eigenvalue weighted by Gasteiger charge is -2.33. The highest BCUT2D eigenvalue weighted by molar-refractivity contribution is 5.76. The van der Waals surface area contributed by atoms with Gasteiger partial charge < -0.3 is 10.2 Å². The number of piperazine rings is 1. The lowest BCUT2D eigenvalue weighted by molar-refractivity contribution is -0.121. The summed E-state index contributed by atoms with van der Waals surface area (Å²) in [4.78, 5) is 17.1. The first-order chi connectivity index (χ1) is 12.6. The van der Waals surface area contributed by atoms with E-state index in [9.17, 15) is 4.79 Å². The fraction of sp³-hybridized carbons (Fsp3) is 0.667. The minimum Gasteiger partial charge on any atom is -0.355 e. The van der Waals surface area contributed by atoms with Crippen molar-refractivity contribution >= 4 is 11.6 Å². The number of likely N-dealkylation sites (N-methyl/N-ethyl adjacent to an activating group) is 1. The van der Waals surface area contributed by atoms with E-state index in [4.69, 9.17) is 0 Å². The van der Waals surface area contributed by atoms with Crippen LogP contribution in [-0.2, 0) is 11.2 Å². The van der Waals surface area contributed by atoms with Crippen molar-refractivity contribution in [2.75, 3.05) is 45.8 Å². The Morgan fingerprint density at radius 2 is 1.92 bits per heavy atom. The molecular weight excluding hydrogens is 330 g/mol. The van der Waals surface area contributed by atoms with Gasteiger partial charge in [0.25, 0.3) is 0 Å². The van der Waals surface area contributed by atoms with Gasteiger partial charge in [-0.05, 0) is 32.4 Å². The van der Waals surface area contributed by atoms with Crippen LogP contribution in [0.4, 0.5) is 0 Å². The zero-order chi connectivity index (χ0) is 18.5. The van der Waals surface area contributed by atoms with E-state index < -0.39 is 0 Å². The van der Waals surface area contributed by atoms with E-state index in [2.05, 4.69) is 37.3 Å². The maximum atomic E-state index is 12.2. The van der Waals surface area contributed by atoms with E-state index in [0.29, 0.717) is 19.4 Å². The summed E-state index contributed by atoms with van der Waals surface area (Å²) in [5.41, 5.74) is 3.83. The molecule has 1 aliphatic heterocycles. The van der Waals surface area contributed by atoms with Crippen LogP contribution in [0.1, 0.15) is 30.2 Å². The van der Waals surface area contributed by atoms with Gasteiger partial charge in [-0.2, -0.15) is 5.10 Å². The Bertz CT molecular complexity index is 749. The van der Waals surface area contributed by atoms with E-state index >= 15 is 0 Å². The summed E-state index contributed by atoms with van der Waals surface area (Å²) in [5.74, 6) is 0.0948. The third kappa shape index (κ3) is 4.37. The second kappa shape index (κ2) is 8.55. The molecule has 3 heterocycles. The molecule has 1 amide bonds. The van der Waals surface area contributed by atoms with Crippen molar-refractivity contribution in [3.8, 4) is 0 Å². The van der Waals surface area contributed by atoms with Crippen LogP contribution >= 0.6 is 0 Å². The SMILES string of the molecule is CCN1CCN(CCNC(=O)CCc2c(C)nn3cnnc3c2C)CC1. The standard InChI is InChI=1S/C18H29N7O/c1-4-23-9-11-24(12-10-23)8-7-19-17(26)6-5-16-14(2)18-21-20-13-25(18)22-15(16)3/h13H,4-12H2,1-3H3,(H,19,26). The van der Waals surface area contributed by atoms with Crippen LogP contribution in [0, 0.1) is 13.8 Å². The molecule has 1 fully saturated rings. The quantitative estimate of drug-likeness (QED) is 0.772. The van der Waals surface area contributed by atoms with E-state index in [-0.39, 0.29) is 5.91 Å². The molecule has 2 aromatic rings. The molecule has 0 spiro atoms. The van der Waals surface area contributed by atoms with Crippen molar-refractivity contribution < 1.29 is 4.79 Å². The van der Waals surface area contributed by atoms with Crippen LogP contribution in [-0.4, -0.2) is 81.3 Å². The maximum absolute atomic E-state index is 12.2. The summed E-state index contributed by atoms with van der Waals surface area (Å²) in [6.45, 7) is 13.4. The fourth-order valence-electron chi connectivity index (χ4n) is 3.56. The van der Waals surface area contributed by atoms with Gasteiger partial charge in [0.15, 0.2) is 5.65 Å². The number of aryl methyl sites for hydroxylation is 2. The summed E-state index contributed by atoms with van der Waals surface area (Å²) >= 11 is 0. The Morgan fingerprint density at radius 3 is 2.65 bits per heavy atom. The van der Waals surface area contributed by atoms with Gasteiger partial charge in [0, 0.05) is 51.3 Å². The second-order valence-corrected chi connectivity index (χ2v) is 6.91. The molecule has 26 heavy (non-hydrogen) atoms. The Labute approximate surface area is 154 Å². The first kappa shape index (κ1) is 18.7. The molecule has 142 valence electrons. The molecule has 2 aromatic heterocycles. The highest BCUT2D eigenvalue weighted by atomic mass is 16.1. The Kier molecular flexibility index (Phi) is 6.16. The van der Waals surface area contributed by atoms with Gasteiger partial charge in [0.1, 0.15) is 6.33 Å². The summed E-state index contributed by atoms with van der Waals surface area (Å²) in [6.07, 6.45) is 2.75. The van der Waals surface area contributed by atoms with Crippen LogP contribution in [0.3, 0.4) is 0 Å². The molecule has 0 bridgehead atoms. The number of fused-ring (bicyclic) bond motifs is 1. The molecule has 0 unspecified atom stereocenters. The van der Waals surface area contributed by atoms with Crippen molar-refractivity contribution in [2.45, 2.75) is 33.6 Å². The average molecular weight is 359 g/mol. The van der Waals surface area contributed by atoms with E-state index in [1.807, 2.05) is 13.8 Å². The number of nitrogens with zero attached hydrogens (tertiary/aromatic N) is 6. The first-order valence-corrected chi connectivity index (χ1v) is 9.46. The Balaban J connectivity index is 1.43. The zero-order valence-corrected chi connectivity index (χ0v) is 16.0. The number of carbonyl (C=O) groups is 1. The largest absolute Gasteiger partial charge is 0.355 e. The smallest absolute Gasteiger partial charge is 0.220 e. The van der Waals surface area contributed by atoms with Gasteiger partial charge >= 0.3 is 0 Å². The topological polar surface area (TPSA) is 78.7 Å². The zero-order valence-electron chi connectivity index (χ0n) is 16.0. The van der Waals surface area contributed by atoms with Crippen molar-refractivity contribution in [3.63, 3.8) is 0 Å². The van der Waals surface area contributed by atoms with E-state index in [1.54, 1.807) is 10.8 Å². The first-order valence-electron chi connectivity index (χ1n) is 9.46. The lowest BCUT2D eigenvalue weighted by Crippen LogP contribution is -2.48. The average Bonchev–Trinajstić information content (AvgIpc) is 3.10. The van der Waals surface area contributed by atoms with Crippen LogP contribution < -0.4 is 5.32 Å². The van der Waals surface area contributed by atoms with Gasteiger partial charge in [-0.1, -0.05) is 6.92 Å². The van der Waals surface area contributed by atoms with Crippen LogP contribution in [0.25, 0.3) is 5.65 Å². The number of hydrogen-bond acceptors (Lipinski definition) is 6. The summed E-state index contributed by atoms with van der Waals surface area (Å²) < 4.78 is 1.69. The number of aromatic nitrogens is 4. The van der Waals surface area contributed by atoms with Crippen molar-refractivity contribution in [3.05, 3.63) is 23.1 Å². The molecule has 0 radical (unpaired) electrons. The number of hydrogen-bond donors (Lipinski definition) is 1. The normalized spacial score (nSPS) is 16.3. The highest BCUT2D eigenvalue weighted by Crippen LogP contribution is 2.17. The molecule has 8 nitrogen and oxygen atoms in total. The summed E-state index contributed by atoms with van der Waals surface area (Å²) in [5, 5.41) is 15.5. The molecular formula is C18H29N7O. The monoisotopic (exact) mass is 359 g/mol. The number of carbonyl (C=O) groups excluding carboxylic acids is 1. The molecule has 1 saturated heterocycles. The fourth-order valence-corrected chi connectivity index (χ4v) is 3.56. The Hall–Kier alpha value is -2.06. The van der Waals surface area contributed by atoms with Crippen LogP contribution in [0.5, 0.6) is 0 Å². The van der Waals surface area contributed by atoms with Gasteiger partial charge in [0.05, 0.1) is 5.69 Å². The minimum absolute atomic E-state index is 0.0948. The molecule has 0 saturated carbocycles. The predicted octanol–water partition coefficient (Wildman–Crippen LogP) is 0.427. The van der Waals surface area contributed by atoms with Crippen LogP contribution in [0.2, 0.25) is 0 Å². The van der Waals surface area contributed by atoms with Crippen molar-refractivity contribution in [1.29, 1.82) is 0 Å². The number of rotatable bonds is 7. The molecule has 1 N–H and O–H groups in total. The third-order valence-electron chi connectivity index (χ3n) is 5.28. The highest BCUT2D eigenvalue weighted by Gasteiger charge is 2.16. The van der Waals surface area contributed by atoms with Gasteiger partial charge in [-0.15, -0.1) is 10.2 Å².